The van der Waals surface area contributed by atoms with Gasteiger partial charge >= 0.3 is 0 Å². The third-order valence-corrected chi connectivity index (χ3v) is 6.24. The number of amides is 1. The van der Waals surface area contributed by atoms with Gasteiger partial charge in [-0.15, -0.1) is 0 Å². The average Bonchev–Trinajstić information content (AvgIpc) is 2.65. The molecule has 0 radical (unpaired) electrons. The Bertz CT molecular complexity index is 954. The topological polar surface area (TPSA) is 66.5 Å². The maximum absolute atomic E-state index is 14.2. The van der Waals surface area contributed by atoms with E-state index >= 15 is 0 Å². The Balaban J connectivity index is 1.92. The Morgan fingerprint density at radius 1 is 0.926 bits per heavy atom. The number of hydrogen-bond donors (Lipinski definition) is 1. The van der Waals surface area contributed by atoms with Crippen molar-refractivity contribution < 1.29 is 26.4 Å². The van der Waals surface area contributed by atoms with Crippen LogP contribution in [0.3, 0.4) is 0 Å². The molecule has 0 unspecified atom stereocenters. The van der Waals surface area contributed by atoms with Crippen LogP contribution in [0.5, 0.6) is 0 Å². The van der Waals surface area contributed by atoms with Gasteiger partial charge in [-0.3, -0.25) is 4.79 Å². The number of carbonyl (C=O) groups is 1. The number of sulfonamides is 1. The highest BCUT2D eigenvalue weighted by Crippen LogP contribution is 2.25. The fourth-order valence-corrected chi connectivity index (χ4v) is 4.50. The maximum atomic E-state index is 14.2. The van der Waals surface area contributed by atoms with E-state index in [-0.39, 0.29) is 18.7 Å². The van der Waals surface area contributed by atoms with Gasteiger partial charge in [-0.05, 0) is 43.2 Å². The highest BCUT2D eigenvalue weighted by atomic mass is 32.2. The lowest BCUT2D eigenvalue weighted by Gasteiger charge is -2.26. The van der Waals surface area contributed by atoms with E-state index in [1.165, 1.54) is 4.31 Å². The number of halogens is 3. The number of rotatable bonds is 4. The van der Waals surface area contributed by atoms with Crippen molar-refractivity contribution in [2.24, 2.45) is 0 Å². The molecule has 1 saturated heterocycles. The first-order valence-corrected chi connectivity index (χ1v) is 9.80. The quantitative estimate of drug-likeness (QED) is 0.857. The Morgan fingerprint density at radius 3 is 2.19 bits per heavy atom. The fourth-order valence-electron chi connectivity index (χ4n) is 2.89. The predicted octanol–water partition coefficient (Wildman–Crippen LogP) is 3.53. The molecule has 0 aromatic heterocycles. The normalized spacial score (nSPS) is 15.5. The van der Waals surface area contributed by atoms with Gasteiger partial charge in [0.2, 0.25) is 10.0 Å². The van der Waals surface area contributed by atoms with Crippen molar-refractivity contribution in [1.29, 1.82) is 0 Å². The first kappa shape index (κ1) is 19.4. The molecule has 9 heteroatoms. The summed E-state index contributed by atoms with van der Waals surface area (Å²) in [5.41, 5.74) is -0.887. The molecule has 0 atom stereocenters. The zero-order valence-corrected chi connectivity index (χ0v) is 15.0. The molecule has 144 valence electrons. The van der Waals surface area contributed by atoms with Gasteiger partial charge in [0.05, 0.1) is 0 Å². The van der Waals surface area contributed by atoms with Crippen LogP contribution in [0, 0.1) is 17.5 Å². The van der Waals surface area contributed by atoms with Crippen molar-refractivity contribution in [2.75, 3.05) is 18.4 Å². The summed E-state index contributed by atoms with van der Waals surface area (Å²) in [6.45, 7) is 0.553. The van der Waals surface area contributed by atoms with E-state index in [1.807, 2.05) is 0 Å². The van der Waals surface area contributed by atoms with Gasteiger partial charge in [-0.2, -0.15) is 4.31 Å². The molecule has 0 aliphatic carbocycles. The van der Waals surface area contributed by atoms with E-state index in [9.17, 15) is 26.4 Å². The van der Waals surface area contributed by atoms with E-state index in [1.54, 1.807) is 0 Å². The second kappa shape index (κ2) is 7.69. The second-order valence-corrected chi connectivity index (χ2v) is 8.07. The average molecular weight is 398 g/mol. The number of piperidine rings is 1. The molecule has 0 saturated carbocycles. The van der Waals surface area contributed by atoms with Crippen LogP contribution in [0.25, 0.3) is 0 Å². The van der Waals surface area contributed by atoms with Gasteiger partial charge in [0, 0.05) is 18.7 Å². The number of nitrogens with one attached hydrogen (secondary N) is 1. The molecular formula is C18H17F3N2O3S. The van der Waals surface area contributed by atoms with Crippen LogP contribution in [0.15, 0.2) is 41.3 Å². The summed E-state index contributed by atoms with van der Waals surface area (Å²) in [6, 6.07) is 5.86. The van der Waals surface area contributed by atoms with Crippen LogP contribution >= 0.6 is 0 Å². The van der Waals surface area contributed by atoms with E-state index in [2.05, 4.69) is 5.32 Å². The summed E-state index contributed by atoms with van der Waals surface area (Å²) in [7, 11) is -4.11. The van der Waals surface area contributed by atoms with Crippen molar-refractivity contribution in [1.82, 2.24) is 4.31 Å². The molecule has 1 amide bonds. The summed E-state index contributed by atoms with van der Waals surface area (Å²) >= 11 is 0. The first-order chi connectivity index (χ1) is 12.8. The van der Waals surface area contributed by atoms with Crippen molar-refractivity contribution in [3.05, 3.63) is 59.4 Å². The van der Waals surface area contributed by atoms with Crippen LogP contribution in [0.2, 0.25) is 0 Å². The largest absolute Gasteiger partial charge is 0.317 e. The summed E-state index contributed by atoms with van der Waals surface area (Å²) in [5, 5.41) is 2.05. The number of anilines is 1. The van der Waals surface area contributed by atoms with Crippen molar-refractivity contribution in [2.45, 2.75) is 24.2 Å². The number of carbonyl (C=O) groups excluding carboxylic acids is 1. The standard InChI is InChI=1S/C18H17F3N2O3S/c19-13-8-7-12(18(24)22-17-14(20)5-4-6-15(17)21)11-16(13)27(25,26)23-9-2-1-3-10-23/h4-8,11H,1-3,9-10H2,(H,22,24). The number of para-hydroxylation sites is 1. The summed E-state index contributed by atoms with van der Waals surface area (Å²) < 4.78 is 68.1. The molecule has 0 bridgehead atoms. The van der Waals surface area contributed by atoms with Crippen LogP contribution < -0.4 is 5.32 Å². The maximum Gasteiger partial charge on any atom is 0.255 e. The van der Waals surface area contributed by atoms with Gasteiger partial charge in [-0.1, -0.05) is 12.5 Å². The molecule has 3 rings (SSSR count). The van der Waals surface area contributed by atoms with Gasteiger partial charge in [0.25, 0.3) is 5.91 Å². The molecule has 0 spiro atoms. The molecule has 27 heavy (non-hydrogen) atoms. The monoisotopic (exact) mass is 398 g/mol. The van der Waals surface area contributed by atoms with Crippen LogP contribution in [0.4, 0.5) is 18.9 Å². The molecule has 1 aliphatic heterocycles. The molecule has 2 aromatic rings. The van der Waals surface area contributed by atoms with Gasteiger partial charge in [-0.25, -0.2) is 21.6 Å². The molecule has 5 nitrogen and oxygen atoms in total. The minimum absolute atomic E-state index is 0.227. The number of hydrogen-bond acceptors (Lipinski definition) is 3. The minimum atomic E-state index is -4.11. The summed E-state index contributed by atoms with van der Waals surface area (Å²) in [5.74, 6) is -3.90. The zero-order valence-electron chi connectivity index (χ0n) is 14.2. The minimum Gasteiger partial charge on any atom is -0.317 e. The van der Waals surface area contributed by atoms with E-state index in [0.717, 1.165) is 42.8 Å². The Labute approximate surface area is 154 Å². The third kappa shape index (κ3) is 3.98. The van der Waals surface area contributed by atoms with Gasteiger partial charge in [0.15, 0.2) is 0 Å². The lowest BCUT2D eigenvalue weighted by Crippen LogP contribution is -2.36. The van der Waals surface area contributed by atoms with Gasteiger partial charge < -0.3 is 5.32 Å². The van der Waals surface area contributed by atoms with E-state index < -0.39 is 44.0 Å². The van der Waals surface area contributed by atoms with Gasteiger partial charge in [0.1, 0.15) is 28.0 Å². The van der Waals surface area contributed by atoms with Crippen molar-refractivity contribution in [3.63, 3.8) is 0 Å². The lowest BCUT2D eigenvalue weighted by molar-refractivity contribution is 0.102. The molecule has 1 fully saturated rings. The number of nitrogens with zero attached hydrogens (tertiary/aromatic N) is 1. The fraction of sp³-hybridized carbons (Fsp3) is 0.278. The Kier molecular flexibility index (Phi) is 5.52. The molecule has 2 aromatic carbocycles. The Morgan fingerprint density at radius 2 is 1.56 bits per heavy atom. The highest BCUT2D eigenvalue weighted by Gasteiger charge is 2.29. The zero-order chi connectivity index (χ0) is 19.6. The SMILES string of the molecule is O=C(Nc1c(F)cccc1F)c1ccc(F)c(S(=O)(=O)N2CCCCC2)c1. The highest BCUT2D eigenvalue weighted by molar-refractivity contribution is 7.89. The summed E-state index contributed by atoms with van der Waals surface area (Å²) in [4.78, 5) is 11.7. The Hall–Kier alpha value is -2.39. The number of benzene rings is 2. The summed E-state index contributed by atoms with van der Waals surface area (Å²) in [6.07, 6.45) is 2.24. The van der Waals surface area contributed by atoms with E-state index in [4.69, 9.17) is 0 Å². The molecule has 1 N–H and O–H groups in total. The smallest absolute Gasteiger partial charge is 0.255 e. The second-order valence-electron chi connectivity index (χ2n) is 6.16. The van der Waals surface area contributed by atoms with Crippen LogP contribution in [-0.2, 0) is 10.0 Å². The molecule has 1 aliphatic rings. The predicted molar refractivity (Wildman–Crippen MR) is 93.3 cm³/mol. The molecule has 1 heterocycles. The van der Waals surface area contributed by atoms with Crippen molar-refractivity contribution >= 4 is 21.6 Å². The lowest BCUT2D eigenvalue weighted by atomic mass is 10.2. The third-order valence-electron chi connectivity index (χ3n) is 4.33. The van der Waals surface area contributed by atoms with E-state index in [0.29, 0.717) is 12.8 Å². The van der Waals surface area contributed by atoms with Crippen molar-refractivity contribution in [3.8, 4) is 0 Å². The van der Waals surface area contributed by atoms with Crippen LogP contribution in [-0.4, -0.2) is 31.7 Å². The molecular weight excluding hydrogens is 381 g/mol. The first-order valence-electron chi connectivity index (χ1n) is 8.36. The van der Waals surface area contributed by atoms with Crippen LogP contribution in [0.1, 0.15) is 29.6 Å².